The number of benzene rings is 2. The predicted octanol–water partition coefficient (Wildman–Crippen LogP) is 3.80. The van der Waals surface area contributed by atoms with Crippen molar-refractivity contribution in [1.82, 2.24) is 0 Å². The number of carbonyl (C=O) groups is 1. The maximum atomic E-state index is 11.7. The Labute approximate surface area is 116 Å². The summed E-state index contributed by atoms with van der Waals surface area (Å²) in [4.78, 5) is 11.7. The van der Waals surface area contributed by atoms with Crippen molar-refractivity contribution in [2.24, 2.45) is 0 Å². The third kappa shape index (κ3) is 2.45. The van der Waals surface area contributed by atoms with Crippen molar-refractivity contribution >= 4 is 5.78 Å². The molecule has 2 aromatic carbocycles. The topological polar surface area (TPSA) is 44.8 Å². The highest BCUT2D eigenvalue weighted by Gasteiger charge is 2.14. The van der Waals surface area contributed by atoms with Crippen molar-refractivity contribution in [2.75, 3.05) is 6.79 Å². The van der Waals surface area contributed by atoms with Gasteiger partial charge in [-0.3, -0.25) is 4.79 Å². The van der Waals surface area contributed by atoms with Gasteiger partial charge in [0.25, 0.3) is 0 Å². The zero-order valence-electron chi connectivity index (χ0n) is 11.1. The van der Waals surface area contributed by atoms with Crippen LogP contribution in [0.2, 0.25) is 0 Å². The van der Waals surface area contributed by atoms with E-state index in [9.17, 15) is 4.79 Å². The lowest BCUT2D eigenvalue weighted by Crippen LogP contribution is -1.96. The van der Waals surface area contributed by atoms with E-state index in [2.05, 4.69) is 0 Å². The molecule has 0 N–H and O–H groups in total. The molecule has 102 valence electrons. The fourth-order valence-corrected chi connectivity index (χ4v) is 2.01. The Morgan fingerprint density at radius 3 is 2.75 bits per heavy atom. The first-order chi connectivity index (χ1) is 9.76. The molecule has 0 saturated carbocycles. The number of fused-ring (bicyclic) bond motifs is 1. The van der Waals surface area contributed by atoms with E-state index in [4.69, 9.17) is 14.2 Å². The Hall–Kier alpha value is -2.49. The van der Waals surface area contributed by atoms with E-state index >= 15 is 0 Å². The smallest absolute Gasteiger partial charge is 0.231 e. The summed E-state index contributed by atoms with van der Waals surface area (Å²) in [7, 11) is 0. The molecule has 1 aliphatic rings. The third-order valence-corrected chi connectivity index (χ3v) is 3.06. The first-order valence-corrected chi connectivity index (χ1v) is 6.47. The number of hydrogen-bond acceptors (Lipinski definition) is 4. The van der Waals surface area contributed by atoms with Crippen LogP contribution in [-0.4, -0.2) is 12.6 Å². The summed E-state index contributed by atoms with van der Waals surface area (Å²) in [6.07, 6.45) is 0.480. The second-order valence-corrected chi connectivity index (χ2v) is 4.42. The maximum absolute atomic E-state index is 11.7. The molecule has 0 spiro atoms. The Balaban J connectivity index is 1.82. The van der Waals surface area contributed by atoms with E-state index in [-0.39, 0.29) is 12.6 Å². The second-order valence-electron chi connectivity index (χ2n) is 4.42. The number of hydrogen-bond donors (Lipinski definition) is 0. The van der Waals surface area contributed by atoms with Crippen LogP contribution >= 0.6 is 0 Å². The normalized spacial score (nSPS) is 12.2. The molecule has 3 rings (SSSR count). The molecule has 2 aromatic rings. The van der Waals surface area contributed by atoms with E-state index in [1.807, 2.05) is 25.1 Å². The standard InChI is InChI=1S/C16H14O4/c1-2-14(17)11-4-3-5-12(8-11)20-13-6-7-15-16(9-13)19-10-18-15/h3-9H,2,10H2,1H3. The fraction of sp³-hybridized carbons (Fsp3) is 0.188. The molecule has 0 atom stereocenters. The summed E-state index contributed by atoms with van der Waals surface area (Å²) in [5.74, 6) is 2.76. The van der Waals surface area contributed by atoms with Crippen molar-refractivity contribution in [1.29, 1.82) is 0 Å². The Bertz CT molecular complexity index is 649. The van der Waals surface area contributed by atoms with Gasteiger partial charge in [0.2, 0.25) is 6.79 Å². The summed E-state index contributed by atoms with van der Waals surface area (Å²) >= 11 is 0. The number of ketones is 1. The van der Waals surface area contributed by atoms with Crippen molar-refractivity contribution in [2.45, 2.75) is 13.3 Å². The minimum Gasteiger partial charge on any atom is -0.457 e. The lowest BCUT2D eigenvalue weighted by molar-refractivity contribution is 0.0988. The number of ether oxygens (including phenoxy) is 3. The first-order valence-electron chi connectivity index (χ1n) is 6.47. The van der Waals surface area contributed by atoms with Gasteiger partial charge in [-0.15, -0.1) is 0 Å². The van der Waals surface area contributed by atoms with Gasteiger partial charge in [0.1, 0.15) is 11.5 Å². The molecule has 1 heterocycles. The SMILES string of the molecule is CCC(=O)c1cccc(Oc2ccc3c(c2)OCO3)c1. The third-order valence-electron chi connectivity index (χ3n) is 3.06. The molecule has 4 heteroatoms. The molecule has 0 radical (unpaired) electrons. The lowest BCUT2D eigenvalue weighted by Gasteiger charge is -2.07. The van der Waals surface area contributed by atoms with Crippen LogP contribution in [0.1, 0.15) is 23.7 Å². The molecule has 20 heavy (non-hydrogen) atoms. The van der Waals surface area contributed by atoms with E-state index < -0.39 is 0 Å². The molecule has 0 saturated heterocycles. The minimum atomic E-state index is 0.0983. The van der Waals surface area contributed by atoms with Crippen LogP contribution in [0.4, 0.5) is 0 Å². The van der Waals surface area contributed by atoms with Crippen LogP contribution in [0.5, 0.6) is 23.0 Å². The number of rotatable bonds is 4. The van der Waals surface area contributed by atoms with Crippen LogP contribution in [0.15, 0.2) is 42.5 Å². The van der Waals surface area contributed by atoms with Gasteiger partial charge in [-0.05, 0) is 24.3 Å². The van der Waals surface area contributed by atoms with Crippen molar-refractivity contribution < 1.29 is 19.0 Å². The average Bonchev–Trinajstić information content (AvgIpc) is 2.94. The lowest BCUT2D eigenvalue weighted by atomic mass is 10.1. The fourth-order valence-electron chi connectivity index (χ4n) is 2.01. The highest BCUT2D eigenvalue weighted by Crippen LogP contribution is 2.36. The van der Waals surface area contributed by atoms with Crippen molar-refractivity contribution in [3.05, 3.63) is 48.0 Å². The summed E-state index contributed by atoms with van der Waals surface area (Å²) in [5.41, 5.74) is 0.658. The Kier molecular flexibility index (Phi) is 3.29. The highest BCUT2D eigenvalue weighted by atomic mass is 16.7. The highest BCUT2D eigenvalue weighted by molar-refractivity contribution is 5.96. The molecular formula is C16H14O4. The molecule has 0 bridgehead atoms. The van der Waals surface area contributed by atoms with Crippen LogP contribution < -0.4 is 14.2 Å². The molecule has 1 aliphatic heterocycles. The van der Waals surface area contributed by atoms with Crippen LogP contribution in [0.25, 0.3) is 0 Å². The van der Waals surface area contributed by atoms with E-state index in [1.165, 1.54) is 0 Å². The van der Waals surface area contributed by atoms with Crippen LogP contribution in [0.3, 0.4) is 0 Å². The molecule has 0 aliphatic carbocycles. The zero-order valence-corrected chi connectivity index (χ0v) is 11.1. The predicted molar refractivity (Wildman–Crippen MR) is 73.7 cm³/mol. The first kappa shape index (κ1) is 12.5. The van der Waals surface area contributed by atoms with Crippen molar-refractivity contribution in [3.63, 3.8) is 0 Å². The van der Waals surface area contributed by atoms with Gasteiger partial charge in [0.05, 0.1) is 0 Å². The molecule has 0 unspecified atom stereocenters. The monoisotopic (exact) mass is 270 g/mol. The van der Waals surface area contributed by atoms with Gasteiger partial charge >= 0.3 is 0 Å². The van der Waals surface area contributed by atoms with Gasteiger partial charge < -0.3 is 14.2 Å². The van der Waals surface area contributed by atoms with Gasteiger partial charge in [0.15, 0.2) is 17.3 Å². The second kappa shape index (κ2) is 5.25. The minimum absolute atomic E-state index is 0.0983. The van der Waals surface area contributed by atoms with Gasteiger partial charge in [-0.2, -0.15) is 0 Å². The quantitative estimate of drug-likeness (QED) is 0.793. The maximum Gasteiger partial charge on any atom is 0.231 e. The summed E-state index contributed by atoms with van der Waals surface area (Å²) in [5, 5.41) is 0. The molecule has 0 amide bonds. The van der Waals surface area contributed by atoms with E-state index in [0.29, 0.717) is 35.0 Å². The average molecular weight is 270 g/mol. The number of carbonyl (C=O) groups excluding carboxylic acids is 1. The summed E-state index contributed by atoms with van der Waals surface area (Å²) < 4.78 is 16.3. The largest absolute Gasteiger partial charge is 0.457 e. The van der Waals surface area contributed by atoms with Crippen molar-refractivity contribution in [3.8, 4) is 23.0 Å². The van der Waals surface area contributed by atoms with Gasteiger partial charge in [-0.25, -0.2) is 0 Å². The Morgan fingerprint density at radius 1 is 1.10 bits per heavy atom. The van der Waals surface area contributed by atoms with Crippen LogP contribution in [-0.2, 0) is 0 Å². The zero-order chi connectivity index (χ0) is 13.9. The van der Waals surface area contributed by atoms with Gasteiger partial charge in [0, 0.05) is 18.1 Å². The molecule has 0 aromatic heterocycles. The van der Waals surface area contributed by atoms with Gasteiger partial charge in [-0.1, -0.05) is 19.1 Å². The summed E-state index contributed by atoms with van der Waals surface area (Å²) in [6, 6.07) is 12.5. The number of Topliss-reactive ketones (excluding diaryl/α,β-unsaturated/α-hetero) is 1. The summed E-state index contributed by atoms with van der Waals surface area (Å²) in [6.45, 7) is 2.08. The molecule has 4 nitrogen and oxygen atoms in total. The van der Waals surface area contributed by atoms with Crippen LogP contribution in [0, 0.1) is 0 Å². The van der Waals surface area contributed by atoms with E-state index in [1.54, 1.807) is 24.3 Å². The molecular weight excluding hydrogens is 256 g/mol. The molecule has 0 fully saturated rings. The van der Waals surface area contributed by atoms with E-state index in [0.717, 1.165) is 0 Å². The Morgan fingerprint density at radius 2 is 1.90 bits per heavy atom.